The molecule has 1 aliphatic heterocycles. The summed E-state index contributed by atoms with van der Waals surface area (Å²) in [5.74, 6) is 1.41. The number of oxazole rings is 1. The number of hydrogen-bond acceptors (Lipinski definition) is 5. The fraction of sp³-hybridized carbons (Fsp3) is 0.111. The van der Waals surface area contributed by atoms with Gasteiger partial charge in [0.1, 0.15) is 5.52 Å². The Hall–Kier alpha value is -2.99. The van der Waals surface area contributed by atoms with Gasteiger partial charge in [-0.15, -0.1) is 0 Å². The lowest BCUT2D eigenvalue weighted by molar-refractivity contribution is -0.111. The van der Waals surface area contributed by atoms with Crippen LogP contribution in [0.15, 0.2) is 40.8 Å². The van der Waals surface area contributed by atoms with Crippen molar-refractivity contribution in [3.05, 3.63) is 52.9 Å². The highest BCUT2D eigenvalue weighted by Gasteiger charge is 2.17. The highest BCUT2D eigenvalue weighted by molar-refractivity contribution is 6.32. The van der Waals surface area contributed by atoms with Crippen molar-refractivity contribution < 1.29 is 18.7 Å². The molecule has 0 saturated carbocycles. The maximum Gasteiger partial charge on any atom is 0.248 e. The Morgan fingerprint density at radius 3 is 3.04 bits per heavy atom. The molecule has 25 heavy (non-hydrogen) atoms. The molecule has 6 nitrogen and oxygen atoms in total. The Morgan fingerprint density at radius 1 is 1.28 bits per heavy atom. The number of amides is 1. The van der Waals surface area contributed by atoms with E-state index >= 15 is 0 Å². The van der Waals surface area contributed by atoms with Crippen molar-refractivity contribution >= 4 is 40.4 Å². The lowest BCUT2D eigenvalue weighted by Gasteiger charge is -2.02. The lowest BCUT2D eigenvalue weighted by atomic mass is 10.2. The average molecular weight is 357 g/mol. The number of aryl methyl sites for hydroxylation is 1. The Kier molecular flexibility index (Phi) is 3.82. The van der Waals surface area contributed by atoms with Crippen LogP contribution in [0, 0.1) is 6.92 Å². The van der Waals surface area contributed by atoms with Gasteiger partial charge in [-0.2, -0.15) is 0 Å². The molecule has 0 atom stereocenters. The quantitative estimate of drug-likeness (QED) is 0.713. The summed E-state index contributed by atoms with van der Waals surface area (Å²) in [5, 5.41) is 3.23. The van der Waals surface area contributed by atoms with Crippen LogP contribution in [-0.4, -0.2) is 17.7 Å². The molecule has 0 unspecified atom stereocenters. The summed E-state index contributed by atoms with van der Waals surface area (Å²) in [7, 11) is 0. The number of aromatic nitrogens is 1. The van der Waals surface area contributed by atoms with Gasteiger partial charge in [-0.25, -0.2) is 4.98 Å². The average Bonchev–Trinajstić information content (AvgIpc) is 3.18. The van der Waals surface area contributed by atoms with Crippen LogP contribution in [0.2, 0.25) is 5.02 Å². The first-order chi connectivity index (χ1) is 12.1. The monoisotopic (exact) mass is 356 g/mol. The second kappa shape index (κ2) is 6.14. The molecule has 1 aromatic heterocycles. The molecule has 0 saturated heterocycles. The number of benzene rings is 2. The highest BCUT2D eigenvalue weighted by Crippen LogP contribution is 2.40. The van der Waals surface area contributed by atoms with E-state index in [-0.39, 0.29) is 12.7 Å². The molecule has 0 spiro atoms. The number of nitrogens with one attached hydrogen (secondary N) is 1. The van der Waals surface area contributed by atoms with E-state index in [1.165, 1.54) is 6.08 Å². The first-order valence-electron chi connectivity index (χ1n) is 7.54. The number of fused-ring (bicyclic) bond motifs is 2. The van der Waals surface area contributed by atoms with Crippen LogP contribution in [0.5, 0.6) is 11.5 Å². The molecule has 0 radical (unpaired) electrons. The number of carbonyl (C=O) groups is 1. The molecule has 126 valence electrons. The molecule has 3 aromatic rings. The van der Waals surface area contributed by atoms with Crippen molar-refractivity contribution in [2.75, 3.05) is 12.1 Å². The largest absolute Gasteiger partial charge is 0.454 e. The summed E-state index contributed by atoms with van der Waals surface area (Å²) in [6.45, 7) is 1.92. The molecule has 7 heteroatoms. The van der Waals surface area contributed by atoms with Crippen molar-refractivity contribution in [3.63, 3.8) is 0 Å². The standard InChI is InChI=1S/C18H13ClN2O4/c1-10-20-14-8-12(3-4-15(14)25-10)21-17(22)5-2-11-6-13(19)18-16(7-11)23-9-24-18/h2-8H,9H2,1H3,(H,21,22)/b5-2+. The molecular formula is C18H13ClN2O4. The summed E-state index contributed by atoms with van der Waals surface area (Å²) < 4.78 is 16.0. The Labute approximate surface area is 148 Å². The van der Waals surface area contributed by atoms with Gasteiger partial charge >= 0.3 is 0 Å². The van der Waals surface area contributed by atoms with Crippen LogP contribution in [0.25, 0.3) is 17.2 Å². The van der Waals surface area contributed by atoms with E-state index in [2.05, 4.69) is 10.3 Å². The zero-order valence-electron chi connectivity index (χ0n) is 13.2. The van der Waals surface area contributed by atoms with Gasteiger partial charge in [0.05, 0.1) is 5.02 Å². The van der Waals surface area contributed by atoms with Crippen molar-refractivity contribution in [3.8, 4) is 11.5 Å². The number of ether oxygens (including phenoxy) is 2. The van der Waals surface area contributed by atoms with E-state index in [9.17, 15) is 4.79 Å². The predicted octanol–water partition coefficient (Wildman–Crippen LogP) is 4.17. The molecule has 0 bridgehead atoms. The maximum atomic E-state index is 12.1. The number of hydrogen-bond donors (Lipinski definition) is 1. The molecule has 1 aliphatic rings. The fourth-order valence-electron chi connectivity index (χ4n) is 2.56. The minimum atomic E-state index is -0.270. The second-order valence-corrected chi connectivity index (χ2v) is 5.88. The van der Waals surface area contributed by atoms with Crippen LogP contribution in [-0.2, 0) is 4.79 Å². The Balaban J connectivity index is 1.49. The summed E-state index contributed by atoms with van der Waals surface area (Å²) >= 11 is 6.12. The van der Waals surface area contributed by atoms with E-state index in [1.807, 2.05) is 0 Å². The van der Waals surface area contributed by atoms with Gasteiger partial charge in [-0.05, 0) is 42.0 Å². The van der Waals surface area contributed by atoms with Gasteiger partial charge in [0.25, 0.3) is 0 Å². The zero-order valence-corrected chi connectivity index (χ0v) is 14.0. The van der Waals surface area contributed by atoms with E-state index in [1.54, 1.807) is 43.3 Å². The topological polar surface area (TPSA) is 73.6 Å². The van der Waals surface area contributed by atoms with E-state index in [4.69, 9.17) is 25.5 Å². The van der Waals surface area contributed by atoms with Crippen LogP contribution in [0.1, 0.15) is 11.5 Å². The molecule has 4 rings (SSSR count). The summed E-state index contributed by atoms with van der Waals surface area (Å²) in [4.78, 5) is 16.4. The Morgan fingerprint density at radius 2 is 2.16 bits per heavy atom. The second-order valence-electron chi connectivity index (χ2n) is 5.47. The summed E-state index contributed by atoms with van der Waals surface area (Å²) in [5.41, 5.74) is 2.76. The Bertz CT molecular complexity index is 1010. The first-order valence-corrected chi connectivity index (χ1v) is 7.92. The number of anilines is 1. The van der Waals surface area contributed by atoms with Crippen molar-refractivity contribution in [1.29, 1.82) is 0 Å². The molecular weight excluding hydrogens is 344 g/mol. The minimum Gasteiger partial charge on any atom is -0.454 e. The number of rotatable bonds is 3. The van der Waals surface area contributed by atoms with Crippen molar-refractivity contribution in [1.82, 2.24) is 4.98 Å². The maximum absolute atomic E-state index is 12.1. The zero-order chi connectivity index (χ0) is 17.4. The fourth-order valence-corrected chi connectivity index (χ4v) is 2.83. The summed E-state index contributed by atoms with van der Waals surface area (Å²) in [6, 6.07) is 8.77. The van der Waals surface area contributed by atoms with Crippen LogP contribution in [0.3, 0.4) is 0 Å². The molecule has 1 amide bonds. The van der Waals surface area contributed by atoms with Gasteiger partial charge in [0.15, 0.2) is 23.0 Å². The number of nitrogens with zero attached hydrogens (tertiary/aromatic N) is 1. The van der Waals surface area contributed by atoms with Gasteiger partial charge < -0.3 is 19.2 Å². The van der Waals surface area contributed by atoms with Gasteiger partial charge in [0.2, 0.25) is 12.7 Å². The number of halogens is 1. The molecule has 0 aliphatic carbocycles. The predicted molar refractivity (Wildman–Crippen MR) is 94.0 cm³/mol. The SMILES string of the molecule is Cc1nc2cc(NC(=O)/C=C/c3cc(Cl)c4c(c3)OCO4)ccc2o1. The third kappa shape index (κ3) is 3.16. The van der Waals surface area contributed by atoms with Crippen LogP contribution < -0.4 is 14.8 Å². The molecule has 0 fully saturated rings. The smallest absolute Gasteiger partial charge is 0.248 e. The van der Waals surface area contributed by atoms with E-state index in [0.29, 0.717) is 39.2 Å². The number of carbonyl (C=O) groups excluding carboxylic acids is 1. The minimum absolute atomic E-state index is 0.146. The molecule has 2 aromatic carbocycles. The van der Waals surface area contributed by atoms with E-state index < -0.39 is 0 Å². The van der Waals surface area contributed by atoms with Gasteiger partial charge in [0, 0.05) is 18.7 Å². The van der Waals surface area contributed by atoms with Crippen LogP contribution in [0.4, 0.5) is 5.69 Å². The third-order valence-electron chi connectivity index (χ3n) is 3.64. The van der Waals surface area contributed by atoms with Gasteiger partial charge in [-0.1, -0.05) is 11.6 Å². The van der Waals surface area contributed by atoms with Gasteiger partial charge in [-0.3, -0.25) is 4.79 Å². The third-order valence-corrected chi connectivity index (χ3v) is 3.92. The van der Waals surface area contributed by atoms with Crippen LogP contribution >= 0.6 is 11.6 Å². The molecule has 1 N–H and O–H groups in total. The van der Waals surface area contributed by atoms with E-state index in [0.717, 1.165) is 5.56 Å². The lowest BCUT2D eigenvalue weighted by Crippen LogP contribution is -2.07. The highest BCUT2D eigenvalue weighted by atomic mass is 35.5. The normalized spacial score (nSPS) is 12.9. The van der Waals surface area contributed by atoms with Crippen molar-refractivity contribution in [2.24, 2.45) is 0 Å². The van der Waals surface area contributed by atoms with Crippen molar-refractivity contribution in [2.45, 2.75) is 6.92 Å². The first kappa shape index (κ1) is 15.5. The summed E-state index contributed by atoms with van der Waals surface area (Å²) in [6.07, 6.45) is 3.08. The molecule has 2 heterocycles.